The first-order chi connectivity index (χ1) is 10.1. The SMILES string of the molecule is C[Si](C)(C)c1cnc2c3ccccc3c3ccccc3n12. The van der Waals surface area contributed by atoms with Gasteiger partial charge in [0.15, 0.2) is 0 Å². The average Bonchev–Trinajstić information content (AvgIpc) is 2.93. The Labute approximate surface area is 125 Å². The summed E-state index contributed by atoms with van der Waals surface area (Å²) in [6.07, 6.45) is 2.08. The Kier molecular flexibility index (Phi) is 2.51. The van der Waals surface area contributed by atoms with Crippen LogP contribution in [0.15, 0.2) is 54.7 Å². The summed E-state index contributed by atoms with van der Waals surface area (Å²) in [6, 6.07) is 17.2. The molecule has 0 amide bonds. The maximum absolute atomic E-state index is 4.76. The Morgan fingerprint density at radius 3 is 2.14 bits per heavy atom. The van der Waals surface area contributed by atoms with Crippen LogP contribution in [-0.4, -0.2) is 17.5 Å². The Morgan fingerprint density at radius 2 is 1.43 bits per heavy atom. The molecule has 0 aliphatic heterocycles. The third kappa shape index (κ3) is 1.74. The van der Waals surface area contributed by atoms with Gasteiger partial charge in [-0.2, -0.15) is 0 Å². The molecule has 0 unspecified atom stereocenters. The number of aromatic nitrogens is 2. The van der Waals surface area contributed by atoms with Gasteiger partial charge in [0.05, 0.1) is 5.52 Å². The first-order valence-electron chi connectivity index (χ1n) is 7.35. The molecule has 0 N–H and O–H groups in total. The molecule has 0 spiro atoms. The Hall–Kier alpha value is -2.13. The van der Waals surface area contributed by atoms with Crippen LogP contribution < -0.4 is 5.32 Å². The summed E-state index contributed by atoms with van der Waals surface area (Å²) in [5.74, 6) is 0. The van der Waals surface area contributed by atoms with Gasteiger partial charge in [-0.15, -0.1) is 0 Å². The minimum atomic E-state index is -1.45. The highest BCUT2D eigenvalue weighted by Gasteiger charge is 2.23. The number of para-hydroxylation sites is 1. The van der Waals surface area contributed by atoms with Gasteiger partial charge in [0.25, 0.3) is 0 Å². The van der Waals surface area contributed by atoms with Crippen LogP contribution in [0.3, 0.4) is 0 Å². The van der Waals surface area contributed by atoms with Crippen LogP contribution in [0, 0.1) is 0 Å². The van der Waals surface area contributed by atoms with E-state index in [0.717, 1.165) is 5.65 Å². The van der Waals surface area contributed by atoms with Crippen LogP contribution in [-0.2, 0) is 0 Å². The van der Waals surface area contributed by atoms with E-state index in [1.165, 1.54) is 27.0 Å². The predicted molar refractivity (Wildman–Crippen MR) is 93.2 cm³/mol. The smallest absolute Gasteiger partial charge is 0.144 e. The van der Waals surface area contributed by atoms with Gasteiger partial charge in [0, 0.05) is 22.3 Å². The van der Waals surface area contributed by atoms with Crippen molar-refractivity contribution in [2.45, 2.75) is 19.6 Å². The van der Waals surface area contributed by atoms with E-state index in [-0.39, 0.29) is 0 Å². The zero-order valence-corrected chi connectivity index (χ0v) is 13.6. The molecule has 2 aromatic carbocycles. The largest absolute Gasteiger partial charge is 0.300 e. The first-order valence-corrected chi connectivity index (χ1v) is 10.8. The predicted octanol–water partition coefficient (Wildman–Crippen LogP) is 4.19. The first kappa shape index (κ1) is 12.6. The molecule has 2 nitrogen and oxygen atoms in total. The topological polar surface area (TPSA) is 17.3 Å². The molecule has 3 heteroatoms. The van der Waals surface area contributed by atoms with Crippen molar-refractivity contribution in [1.29, 1.82) is 0 Å². The molecule has 0 saturated carbocycles. The minimum absolute atomic E-state index is 1.08. The number of benzene rings is 2. The quantitative estimate of drug-likeness (QED) is 0.379. The van der Waals surface area contributed by atoms with Crippen LogP contribution in [0.4, 0.5) is 0 Å². The zero-order valence-electron chi connectivity index (χ0n) is 12.6. The molecule has 0 aliphatic carbocycles. The van der Waals surface area contributed by atoms with Gasteiger partial charge in [-0.1, -0.05) is 62.1 Å². The number of hydrogen-bond acceptors (Lipinski definition) is 1. The van der Waals surface area contributed by atoms with Crippen LogP contribution in [0.1, 0.15) is 0 Å². The molecule has 0 saturated heterocycles. The summed E-state index contributed by atoms with van der Waals surface area (Å²) in [4.78, 5) is 4.76. The van der Waals surface area contributed by atoms with Crippen molar-refractivity contribution in [2.75, 3.05) is 0 Å². The van der Waals surface area contributed by atoms with Crippen molar-refractivity contribution < 1.29 is 0 Å². The summed E-state index contributed by atoms with van der Waals surface area (Å²) < 4.78 is 2.38. The second-order valence-corrected chi connectivity index (χ2v) is 11.6. The lowest BCUT2D eigenvalue weighted by atomic mass is 10.1. The number of hydrogen-bond donors (Lipinski definition) is 0. The van der Waals surface area contributed by atoms with Crippen LogP contribution in [0.5, 0.6) is 0 Å². The lowest BCUT2D eigenvalue weighted by molar-refractivity contribution is 1.29. The molecule has 0 bridgehead atoms. The van der Waals surface area contributed by atoms with E-state index < -0.39 is 8.07 Å². The maximum Gasteiger partial charge on any atom is 0.144 e. The van der Waals surface area contributed by atoms with Gasteiger partial charge in [-0.05, 0) is 11.5 Å². The van der Waals surface area contributed by atoms with Crippen LogP contribution in [0.2, 0.25) is 19.6 Å². The molecule has 0 radical (unpaired) electrons. The molecular weight excluding hydrogens is 272 g/mol. The normalized spacial score (nSPS) is 12.5. The van der Waals surface area contributed by atoms with Gasteiger partial charge in [-0.3, -0.25) is 0 Å². The molecule has 4 rings (SSSR count). The van der Waals surface area contributed by atoms with E-state index in [9.17, 15) is 0 Å². The number of pyridine rings is 1. The third-order valence-electron chi connectivity index (χ3n) is 4.13. The fourth-order valence-corrected chi connectivity index (χ4v) is 4.47. The number of rotatable bonds is 1. The molecule has 0 atom stereocenters. The number of imidazole rings is 1. The molecular formula is C18H18N2Si. The summed E-state index contributed by atoms with van der Waals surface area (Å²) >= 11 is 0. The van der Waals surface area contributed by atoms with Gasteiger partial charge in [0.2, 0.25) is 0 Å². The van der Waals surface area contributed by atoms with E-state index in [4.69, 9.17) is 4.98 Å². The van der Waals surface area contributed by atoms with Gasteiger partial charge < -0.3 is 4.40 Å². The van der Waals surface area contributed by atoms with Gasteiger partial charge >= 0.3 is 0 Å². The standard InChI is InChI=1S/C18H18N2Si/c1-21(2,3)17-12-19-18-15-10-5-4-8-13(15)14-9-6-7-11-16(14)20(17)18/h4-12H,1-3H3. The maximum atomic E-state index is 4.76. The monoisotopic (exact) mass is 290 g/mol. The van der Waals surface area contributed by atoms with E-state index in [1.807, 2.05) is 0 Å². The van der Waals surface area contributed by atoms with E-state index in [1.54, 1.807) is 0 Å². The van der Waals surface area contributed by atoms with E-state index >= 15 is 0 Å². The van der Waals surface area contributed by atoms with Crippen molar-refractivity contribution in [1.82, 2.24) is 9.38 Å². The highest BCUT2D eigenvalue weighted by atomic mass is 28.3. The second kappa shape index (κ2) is 4.18. The summed E-state index contributed by atoms with van der Waals surface area (Å²) in [6.45, 7) is 7.13. The molecule has 2 aromatic heterocycles. The summed E-state index contributed by atoms with van der Waals surface area (Å²) in [7, 11) is -1.45. The van der Waals surface area contributed by atoms with Crippen LogP contribution in [0.25, 0.3) is 27.3 Å². The molecule has 104 valence electrons. The Morgan fingerprint density at radius 1 is 0.810 bits per heavy atom. The summed E-state index contributed by atoms with van der Waals surface area (Å²) in [5.41, 5.74) is 2.35. The lowest BCUT2D eigenvalue weighted by Gasteiger charge is -2.18. The van der Waals surface area contributed by atoms with Crippen molar-refractivity contribution in [2.24, 2.45) is 0 Å². The molecule has 4 aromatic rings. The molecule has 0 aliphatic rings. The van der Waals surface area contributed by atoms with Crippen molar-refractivity contribution in [3.63, 3.8) is 0 Å². The lowest BCUT2D eigenvalue weighted by Crippen LogP contribution is -2.40. The third-order valence-corrected chi connectivity index (χ3v) is 6.02. The van der Waals surface area contributed by atoms with Gasteiger partial charge in [-0.25, -0.2) is 4.98 Å². The summed E-state index contributed by atoms with van der Waals surface area (Å²) in [5, 5.41) is 5.21. The average molecular weight is 290 g/mol. The van der Waals surface area contributed by atoms with E-state index in [0.29, 0.717) is 0 Å². The van der Waals surface area contributed by atoms with Crippen molar-refractivity contribution >= 4 is 40.7 Å². The van der Waals surface area contributed by atoms with Gasteiger partial charge in [0.1, 0.15) is 13.7 Å². The fraction of sp³-hybridized carbons (Fsp3) is 0.167. The van der Waals surface area contributed by atoms with Crippen LogP contribution >= 0.6 is 0 Å². The number of nitrogens with zero attached hydrogens (tertiary/aromatic N) is 2. The molecule has 0 fully saturated rings. The second-order valence-electron chi connectivity index (χ2n) is 6.62. The van der Waals surface area contributed by atoms with E-state index in [2.05, 4.69) is 78.8 Å². The zero-order chi connectivity index (χ0) is 14.6. The Bertz CT molecular complexity index is 977. The fourth-order valence-electron chi connectivity index (χ4n) is 3.12. The number of fused-ring (bicyclic) bond motifs is 6. The Balaban J connectivity index is 2.36. The van der Waals surface area contributed by atoms with Crippen molar-refractivity contribution in [3.8, 4) is 0 Å². The highest BCUT2D eigenvalue weighted by Crippen LogP contribution is 2.28. The highest BCUT2D eigenvalue weighted by molar-refractivity contribution is 6.88. The molecule has 2 heterocycles. The van der Waals surface area contributed by atoms with Crippen molar-refractivity contribution in [3.05, 3.63) is 54.7 Å². The minimum Gasteiger partial charge on any atom is -0.300 e. The molecule has 21 heavy (non-hydrogen) atoms.